The Morgan fingerprint density at radius 2 is 2.00 bits per heavy atom. The van der Waals surface area contributed by atoms with Gasteiger partial charge >= 0.3 is 6.09 Å². The van der Waals surface area contributed by atoms with Crippen molar-refractivity contribution in [2.24, 2.45) is 5.92 Å². The monoisotopic (exact) mass is 276 g/mol. The molecule has 0 spiro atoms. The van der Waals surface area contributed by atoms with Gasteiger partial charge in [-0.25, -0.2) is 13.2 Å². The lowest BCUT2D eigenvalue weighted by Gasteiger charge is -2.23. The van der Waals surface area contributed by atoms with E-state index in [9.17, 15) is 13.2 Å². The van der Waals surface area contributed by atoms with Crippen molar-refractivity contribution in [2.45, 2.75) is 37.7 Å². The van der Waals surface area contributed by atoms with Gasteiger partial charge in [0.05, 0.1) is 17.0 Å². The van der Waals surface area contributed by atoms with Crippen LogP contribution < -0.4 is 10.6 Å². The summed E-state index contributed by atoms with van der Waals surface area (Å²) < 4.78 is 28.9. The number of amides is 1. The SMILES string of the molecule is CC(C)(C)OC(=O)N[C@@H]1CS(=O)(=O)[C@H]2CNCC12. The second-order valence-corrected chi connectivity index (χ2v) is 8.21. The van der Waals surface area contributed by atoms with Crippen LogP contribution in [0.2, 0.25) is 0 Å². The normalized spacial score (nSPS) is 34.1. The molecular weight excluding hydrogens is 256 g/mol. The number of hydrogen-bond donors (Lipinski definition) is 2. The standard InChI is InChI=1S/C11H20N2O4S/c1-11(2,3)17-10(14)13-8-6-18(15,16)9-5-12-4-7(8)9/h7-9,12H,4-6H2,1-3H3,(H,13,14)/t7?,8-,9+/m1/s1. The molecule has 2 N–H and O–H groups in total. The van der Waals surface area contributed by atoms with Crippen molar-refractivity contribution >= 4 is 15.9 Å². The first-order valence-electron chi connectivity index (χ1n) is 6.11. The fourth-order valence-corrected chi connectivity index (χ4v) is 4.84. The number of hydrogen-bond acceptors (Lipinski definition) is 5. The Bertz CT molecular complexity index is 440. The third kappa shape index (κ3) is 2.77. The highest BCUT2D eigenvalue weighted by Crippen LogP contribution is 2.30. The maximum atomic E-state index is 11.9. The zero-order chi connectivity index (χ0) is 13.6. The summed E-state index contributed by atoms with van der Waals surface area (Å²) in [7, 11) is -3.10. The Balaban J connectivity index is 2.01. The van der Waals surface area contributed by atoms with Gasteiger partial charge in [-0.2, -0.15) is 0 Å². The Morgan fingerprint density at radius 3 is 2.61 bits per heavy atom. The van der Waals surface area contributed by atoms with E-state index < -0.39 is 21.5 Å². The molecule has 2 rings (SSSR count). The maximum absolute atomic E-state index is 11.9. The van der Waals surface area contributed by atoms with E-state index >= 15 is 0 Å². The van der Waals surface area contributed by atoms with Gasteiger partial charge in [-0.1, -0.05) is 0 Å². The van der Waals surface area contributed by atoms with E-state index in [-0.39, 0.29) is 23.0 Å². The van der Waals surface area contributed by atoms with Gasteiger partial charge in [0.1, 0.15) is 5.60 Å². The summed E-state index contributed by atoms with van der Waals surface area (Å²) in [6.07, 6.45) is -0.546. The first-order chi connectivity index (χ1) is 8.19. The minimum Gasteiger partial charge on any atom is -0.444 e. The van der Waals surface area contributed by atoms with Crippen molar-refractivity contribution in [3.05, 3.63) is 0 Å². The highest BCUT2D eigenvalue weighted by molar-refractivity contribution is 7.92. The maximum Gasteiger partial charge on any atom is 0.407 e. The van der Waals surface area contributed by atoms with Crippen LogP contribution in [0.15, 0.2) is 0 Å². The highest BCUT2D eigenvalue weighted by atomic mass is 32.2. The van der Waals surface area contributed by atoms with Crippen LogP contribution in [0.4, 0.5) is 4.79 Å². The number of sulfone groups is 1. The second kappa shape index (κ2) is 4.38. The smallest absolute Gasteiger partial charge is 0.407 e. The number of ether oxygens (including phenoxy) is 1. The summed E-state index contributed by atoms with van der Waals surface area (Å²) in [6.45, 7) is 6.44. The van der Waals surface area contributed by atoms with Crippen molar-refractivity contribution in [3.8, 4) is 0 Å². The fourth-order valence-electron chi connectivity index (χ4n) is 2.57. The van der Waals surface area contributed by atoms with E-state index in [2.05, 4.69) is 10.6 Å². The number of nitrogens with one attached hydrogen (secondary N) is 2. The number of carbonyl (C=O) groups is 1. The summed E-state index contributed by atoms with van der Waals surface area (Å²) in [4.78, 5) is 11.7. The van der Waals surface area contributed by atoms with Crippen LogP contribution >= 0.6 is 0 Å². The van der Waals surface area contributed by atoms with Crippen molar-refractivity contribution in [1.29, 1.82) is 0 Å². The number of carbonyl (C=O) groups excluding carboxylic acids is 1. The molecule has 0 aromatic rings. The molecule has 0 bridgehead atoms. The van der Waals surface area contributed by atoms with Gasteiger partial charge in [0.2, 0.25) is 0 Å². The van der Waals surface area contributed by atoms with E-state index in [1.54, 1.807) is 20.8 Å². The molecule has 104 valence electrons. The molecule has 7 heteroatoms. The van der Waals surface area contributed by atoms with E-state index in [0.717, 1.165) is 0 Å². The Morgan fingerprint density at radius 1 is 1.33 bits per heavy atom. The van der Waals surface area contributed by atoms with Crippen LogP contribution in [0, 0.1) is 5.92 Å². The molecule has 0 saturated carbocycles. The topological polar surface area (TPSA) is 84.5 Å². The molecule has 2 fully saturated rings. The molecule has 0 aromatic carbocycles. The lowest BCUT2D eigenvalue weighted by molar-refractivity contribution is 0.0499. The quantitative estimate of drug-likeness (QED) is 0.698. The molecule has 1 unspecified atom stereocenters. The van der Waals surface area contributed by atoms with Crippen LogP contribution in [0.3, 0.4) is 0 Å². The van der Waals surface area contributed by atoms with E-state index in [4.69, 9.17) is 4.74 Å². The summed E-state index contributed by atoms with van der Waals surface area (Å²) in [5, 5.41) is 5.38. The summed E-state index contributed by atoms with van der Waals surface area (Å²) in [5.41, 5.74) is -0.575. The molecule has 3 atom stereocenters. The predicted molar refractivity (Wildman–Crippen MR) is 67.1 cm³/mol. The molecule has 6 nitrogen and oxygen atoms in total. The molecule has 1 amide bonds. The van der Waals surface area contributed by atoms with Crippen LogP contribution in [-0.2, 0) is 14.6 Å². The summed E-state index contributed by atoms with van der Waals surface area (Å²) in [6, 6.07) is -0.343. The van der Waals surface area contributed by atoms with Crippen molar-refractivity contribution in [1.82, 2.24) is 10.6 Å². The van der Waals surface area contributed by atoms with Crippen LogP contribution in [0.1, 0.15) is 20.8 Å². The molecule has 2 saturated heterocycles. The Kier molecular flexibility index (Phi) is 3.31. The van der Waals surface area contributed by atoms with Gasteiger partial charge in [0, 0.05) is 19.0 Å². The molecule has 2 heterocycles. The summed E-state index contributed by atoms with van der Waals surface area (Å²) in [5.74, 6) is -0.0222. The largest absolute Gasteiger partial charge is 0.444 e. The first kappa shape index (κ1) is 13.6. The third-order valence-electron chi connectivity index (χ3n) is 3.30. The van der Waals surface area contributed by atoms with E-state index in [1.807, 2.05) is 0 Å². The zero-order valence-corrected chi connectivity index (χ0v) is 11.7. The van der Waals surface area contributed by atoms with Gasteiger partial charge in [-0.05, 0) is 20.8 Å². The number of rotatable bonds is 1. The predicted octanol–water partition coefficient (Wildman–Crippen LogP) is -0.104. The molecule has 2 aliphatic rings. The zero-order valence-electron chi connectivity index (χ0n) is 10.9. The van der Waals surface area contributed by atoms with E-state index in [1.165, 1.54) is 0 Å². The molecule has 18 heavy (non-hydrogen) atoms. The molecule has 0 radical (unpaired) electrons. The van der Waals surface area contributed by atoms with Gasteiger partial charge in [-0.15, -0.1) is 0 Å². The molecular formula is C11H20N2O4S. The average Bonchev–Trinajstić information content (AvgIpc) is 2.67. The summed E-state index contributed by atoms with van der Waals surface area (Å²) >= 11 is 0. The molecule has 0 aromatic heterocycles. The minimum atomic E-state index is -3.10. The van der Waals surface area contributed by atoms with Crippen molar-refractivity contribution < 1.29 is 17.9 Å². The van der Waals surface area contributed by atoms with Crippen molar-refractivity contribution in [3.63, 3.8) is 0 Å². The first-order valence-corrected chi connectivity index (χ1v) is 7.82. The van der Waals surface area contributed by atoms with Crippen LogP contribution in [0.5, 0.6) is 0 Å². The Labute approximate surface area is 107 Å². The Hall–Kier alpha value is -0.820. The lowest BCUT2D eigenvalue weighted by Crippen LogP contribution is -2.44. The number of alkyl carbamates (subject to hydrolysis) is 1. The minimum absolute atomic E-state index is 0.0171. The second-order valence-electron chi connectivity index (χ2n) is 5.94. The van der Waals surface area contributed by atoms with Gasteiger partial charge < -0.3 is 15.4 Å². The third-order valence-corrected chi connectivity index (χ3v) is 5.56. The van der Waals surface area contributed by atoms with Crippen LogP contribution in [-0.4, -0.2) is 50.2 Å². The van der Waals surface area contributed by atoms with Crippen LogP contribution in [0.25, 0.3) is 0 Å². The fraction of sp³-hybridized carbons (Fsp3) is 0.909. The van der Waals surface area contributed by atoms with E-state index in [0.29, 0.717) is 13.1 Å². The average molecular weight is 276 g/mol. The molecule has 2 aliphatic heterocycles. The molecule has 0 aliphatic carbocycles. The highest BCUT2D eigenvalue weighted by Gasteiger charge is 2.50. The van der Waals surface area contributed by atoms with Gasteiger partial charge in [-0.3, -0.25) is 0 Å². The van der Waals surface area contributed by atoms with Gasteiger partial charge in [0.15, 0.2) is 9.84 Å². The lowest BCUT2D eigenvalue weighted by atomic mass is 10.0. The van der Waals surface area contributed by atoms with Crippen molar-refractivity contribution in [2.75, 3.05) is 18.8 Å². The number of fused-ring (bicyclic) bond motifs is 1. The van der Waals surface area contributed by atoms with Gasteiger partial charge in [0.25, 0.3) is 0 Å².